The van der Waals surface area contributed by atoms with E-state index in [1.807, 2.05) is 12.1 Å². The molecule has 40 heavy (non-hydrogen) atoms. The van der Waals surface area contributed by atoms with Gasteiger partial charge >= 0.3 is 0 Å². The maximum Gasteiger partial charge on any atom is 0.257 e. The number of hydrogen-bond donors (Lipinski definition) is 2. The molecule has 0 aromatic heterocycles. The summed E-state index contributed by atoms with van der Waals surface area (Å²) in [4.78, 5) is 34.6. The molecule has 11 heteroatoms. The van der Waals surface area contributed by atoms with Gasteiger partial charge in [-0.25, -0.2) is 0 Å². The molecule has 0 radical (unpaired) electrons. The molecule has 2 aliphatic rings. The van der Waals surface area contributed by atoms with E-state index < -0.39 is 12.1 Å². The van der Waals surface area contributed by atoms with E-state index >= 15 is 0 Å². The monoisotopic (exact) mass is 694 g/mol. The van der Waals surface area contributed by atoms with Crippen molar-refractivity contribution in [3.05, 3.63) is 84.9 Å². The molecule has 3 aromatic carbocycles. The number of ether oxygens (including phenoxy) is 1. The second-order valence-electron chi connectivity index (χ2n) is 9.88. The number of carbonyl (C=O) groups excluding carboxylic acids is 2. The van der Waals surface area contributed by atoms with E-state index in [-0.39, 0.29) is 22.6 Å². The standard InChI is InChI=1S/C29H29Cl2IN4O4/c1-17(21-15-26(37)23(31)16-24(21)33)36-27(18-2-4-19(30)5-3-18)29(39)35(9-8-34-10-12-40-13-11-34)25-7-6-20(32)14-22(25)28(36)38/h2-7,14-17,27,37H,8-13,33H2,1H3/t17?,27-/m0/s1. The zero-order valence-electron chi connectivity index (χ0n) is 21.8. The second-order valence-corrected chi connectivity index (χ2v) is 12.0. The molecule has 2 heterocycles. The van der Waals surface area contributed by atoms with Gasteiger partial charge in [0.25, 0.3) is 11.8 Å². The van der Waals surface area contributed by atoms with Crippen molar-refractivity contribution in [2.45, 2.75) is 19.0 Å². The number of phenolic OH excluding ortho intramolecular Hbond substituents is 1. The van der Waals surface area contributed by atoms with Gasteiger partial charge < -0.3 is 25.4 Å². The van der Waals surface area contributed by atoms with Crippen LogP contribution in [0.5, 0.6) is 5.75 Å². The van der Waals surface area contributed by atoms with E-state index in [1.165, 1.54) is 12.1 Å². The number of fused-ring (bicyclic) bond motifs is 1. The molecular weight excluding hydrogens is 666 g/mol. The Balaban J connectivity index is 1.65. The molecule has 0 spiro atoms. The van der Waals surface area contributed by atoms with Crippen molar-refractivity contribution >= 4 is 69.0 Å². The van der Waals surface area contributed by atoms with Crippen molar-refractivity contribution in [1.29, 1.82) is 0 Å². The van der Waals surface area contributed by atoms with Gasteiger partial charge in [0.1, 0.15) is 11.8 Å². The fraction of sp³-hybridized carbons (Fsp3) is 0.310. The zero-order chi connectivity index (χ0) is 28.6. The highest BCUT2D eigenvalue weighted by Crippen LogP contribution is 2.42. The number of nitrogen functional groups attached to an aromatic ring is 1. The van der Waals surface area contributed by atoms with Crippen LogP contribution in [0, 0.1) is 3.57 Å². The van der Waals surface area contributed by atoms with Crippen LogP contribution in [-0.2, 0) is 9.53 Å². The van der Waals surface area contributed by atoms with E-state index in [0.29, 0.717) is 59.4 Å². The molecule has 2 atom stereocenters. The smallest absolute Gasteiger partial charge is 0.257 e. The molecular formula is C29H29Cl2IN4O4. The molecule has 1 unspecified atom stereocenters. The van der Waals surface area contributed by atoms with Gasteiger partial charge in [-0.2, -0.15) is 0 Å². The molecule has 0 saturated carbocycles. The topological polar surface area (TPSA) is 99.3 Å². The van der Waals surface area contributed by atoms with Gasteiger partial charge in [-0.15, -0.1) is 0 Å². The van der Waals surface area contributed by atoms with E-state index in [1.54, 1.807) is 47.1 Å². The fourth-order valence-corrected chi connectivity index (χ4v) is 6.10. The van der Waals surface area contributed by atoms with E-state index in [4.69, 9.17) is 33.7 Å². The van der Waals surface area contributed by atoms with E-state index in [0.717, 1.165) is 16.7 Å². The Morgan fingerprint density at radius 3 is 2.45 bits per heavy atom. The van der Waals surface area contributed by atoms with Gasteiger partial charge in [-0.1, -0.05) is 35.3 Å². The molecule has 2 aliphatic heterocycles. The minimum Gasteiger partial charge on any atom is -0.506 e. The molecule has 1 fully saturated rings. The van der Waals surface area contributed by atoms with Crippen LogP contribution >= 0.6 is 45.8 Å². The second kappa shape index (κ2) is 12.1. The SMILES string of the molecule is CC(c1cc(O)c(Cl)cc1N)N1C(=O)c2cc(I)ccc2N(CCN2CCOCC2)C(=O)[C@@H]1c1ccc(Cl)cc1. The van der Waals surface area contributed by atoms with Gasteiger partial charge in [0, 0.05) is 46.0 Å². The summed E-state index contributed by atoms with van der Waals surface area (Å²) >= 11 is 14.5. The van der Waals surface area contributed by atoms with Crippen LogP contribution in [-0.4, -0.2) is 66.1 Å². The van der Waals surface area contributed by atoms with Gasteiger partial charge in [0.05, 0.1) is 35.5 Å². The van der Waals surface area contributed by atoms with Gasteiger partial charge in [-0.3, -0.25) is 14.5 Å². The van der Waals surface area contributed by atoms with Crippen LogP contribution in [0.4, 0.5) is 11.4 Å². The number of carbonyl (C=O) groups is 2. The Bertz CT molecular complexity index is 1430. The van der Waals surface area contributed by atoms with Crippen molar-refractivity contribution in [3.8, 4) is 5.75 Å². The largest absolute Gasteiger partial charge is 0.506 e. The molecule has 3 N–H and O–H groups in total. The summed E-state index contributed by atoms with van der Waals surface area (Å²) in [6.07, 6.45) is 0. The Labute approximate surface area is 256 Å². The van der Waals surface area contributed by atoms with Crippen LogP contribution in [0.25, 0.3) is 0 Å². The van der Waals surface area contributed by atoms with Crippen molar-refractivity contribution in [3.63, 3.8) is 0 Å². The molecule has 2 amide bonds. The van der Waals surface area contributed by atoms with Gasteiger partial charge in [0.2, 0.25) is 0 Å². The summed E-state index contributed by atoms with van der Waals surface area (Å²) in [5.74, 6) is -0.721. The number of halogens is 3. The lowest BCUT2D eigenvalue weighted by molar-refractivity contribution is -0.123. The summed E-state index contributed by atoms with van der Waals surface area (Å²) in [6, 6.07) is 13.7. The van der Waals surface area contributed by atoms with Crippen LogP contribution < -0.4 is 10.6 Å². The highest BCUT2D eigenvalue weighted by molar-refractivity contribution is 14.1. The first-order valence-corrected chi connectivity index (χ1v) is 14.8. The summed E-state index contributed by atoms with van der Waals surface area (Å²) in [5.41, 5.74) is 8.72. The number of morpholine rings is 1. The first-order chi connectivity index (χ1) is 19.2. The Morgan fingerprint density at radius 2 is 1.75 bits per heavy atom. The number of hydrogen-bond acceptors (Lipinski definition) is 6. The molecule has 0 bridgehead atoms. The van der Waals surface area contributed by atoms with Gasteiger partial charge in [-0.05, 0) is 77.5 Å². The molecule has 3 aromatic rings. The minimum absolute atomic E-state index is 0.107. The molecule has 5 rings (SSSR count). The third-order valence-electron chi connectivity index (χ3n) is 7.44. The third kappa shape index (κ3) is 5.75. The quantitative estimate of drug-likeness (QED) is 0.201. The lowest BCUT2D eigenvalue weighted by Gasteiger charge is -2.36. The number of nitrogens with two attached hydrogens (primary N) is 1. The van der Waals surface area contributed by atoms with Crippen molar-refractivity contribution in [2.75, 3.05) is 50.0 Å². The van der Waals surface area contributed by atoms with Crippen molar-refractivity contribution in [2.24, 2.45) is 0 Å². The summed E-state index contributed by atoms with van der Waals surface area (Å²) < 4.78 is 6.35. The lowest BCUT2D eigenvalue weighted by atomic mass is 9.97. The maximum atomic E-state index is 14.6. The van der Waals surface area contributed by atoms with Crippen LogP contribution in [0.1, 0.15) is 40.5 Å². The number of amides is 2. The molecule has 8 nitrogen and oxygen atoms in total. The number of rotatable bonds is 6. The lowest BCUT2D eigenvalue weighted by Crippen LogP contribution is -2.47. The average Bonchev–Trinajstić information content (AvgIpc) is 3.02. The average molecular weight is 695 g/mol. The normalized spacial score (nSPS) is 18.9. The Morgan fingerprint density at radius 1 is 1.05 bits per heavy atom. The highest BCUT2D eigenvalue weighted by atomic mass is 127. The van der Waals surface area contributed by atoms with Crippen LogP contribution in [0.3, 0.4) is 0 Å². The summed E-state index contributed by atoms with van der Waals surface area (Å²) in [7, 11) is 0. The molecule has 0 aliphatic carbocycles. The fourth-order valence-electron chi connectivity index (χ4n) is 5.31. The summed E-state index contributed by atoms with van der Waals surface area (Å²) in [6.45, 7) is 5.69. The minimum atomic E-state index is -0.980. The molecule has 1 saturated heterocycles. The van der Waals surface area contributed by atoms with Crippen molar-refractivity contribution < 1.29 is 19.4 Å². The number of anilines is 2. The Hall–Kier alpha value is -2.57. The van der Waals surface area contributed by atoms with Crippen LogP contribution in [0.15, 0.2) is 54.6 Å². The van der Waals surface area contributed by atoms with E-state index in [2.05, 4.69) is 27.5 Å². The Kier molecular flexibility index (Phi) is 8.77. The predicted molar refractivity (Wildman–Crippen MR) is 165 cm³/mol. The number of aromatic hydroxyl groups is 1. The van der Waals surface area contributed by atoms with Crippen LogP contribution in [0.2, 0.25) is 10.0 Å². The number of benzene rings is 3. The van der Waals surface area contributed by atoms with E-state index in [9.17, 15) is 14.7 Å². The number of nitrogens with zero attached hydrogens (tertiary/aromatic N) is 3. The highest BCUT2D eigenvalue weighted by Gasteiger charge is 2.43. The first kappa shape index (κ1) is 28.9. The summed E-state index contributed by atoms with van der Waals surface area (Å²) in [5, 5.41) is 11.0. The zero-order valence-corrected chi connectivity index (χ0v) is 25.5. The first-order valence-electron chi connectivity index (χ1n) is 12.9. The molecule has 210 valence electrons. The van der Waals surface area contributed by atoms with Gasteiger partial charge in [0.15, 0.2) is 0 Å². The number of phenols is 1. The maximum absolute atomic E-state index is 14.6. The van der Waals surface area contributed by atoms with Crippen molar-refractivity contribution in [1.82, 2.24) is 9.80 Å². The predicted octanol–water partition coefficient (Wildman–Crippen LogP) is 5.51. The third-order valence-corrected chi connectivity index (χ3v) is 8.67.